The summed E-state index contributed by atoms with van der Waals surface area (Å²) in [6.45, 7) is 8.09. The number of aliphatic hydroxyl groups is 1. The van der Waals surface area contributed by atoms with Crippen LogP contribution in [0.25, 0.3) is 0 Å². The SMILES string of the molecule is Cc1ccc(S(=O)(=O)[C@@H]2OC[C@@H](C(C)(C)C)[C@H]2O)cc1. The zero-order valence-electron chi connectivity index (χ0n) is 12.3. The number of aryl methyl sites for hydroxylation is 1. The second-order valence-corrected chi connectivity index (χ2v) is 8.55. The van der Waals surface area contributed by atoms with Gasteiger partial charge in [-0.1, -0.05) is 38.5 Å². The molecule has 0 aliphatic carbocycles. The van der Waals surface area contributed by atoms with Crippen LogP contribution in [0, 0.1) is 18.3 Å². The second kappa shape index (κ2) is 5.13. The zero-order valence-corrected chi connectivity index (χ0v) is 13.1. The van der Waals surface area contributed by atoms with Crippen LogP contribution in [0.5, 0.6) is 0 Å². The predicted molar refractivity (Wildman–Crippen MR) is 77.1 cm³/mol. The summed E-state index contributed by atoms with van der Waals surface area (Å²) in [5.74, 6) is -0.187. The van der Waals surface area contributed by atoms with Gasteiger partial charge in [0.1, 0.15) is 6.10 Å². The van der Waals surface area contributed by atoms with Gasteiger partial charge in [0.2, 0.25) is 9.84 Å². The molecule has 0 spiro atoms. The van der Waals surface area contributed by atoms with Crippen LogP contribution in [0.15, 0.2) is 29.2 Å². The van der Waals surface area contributed by atoms with Crippen LogP contribution in [0.3, 0.4) is 0 Å². The fourth-order valence-electron chi connectivity index (χ4n) is 2.48. The molecule has 2 rings (SSSR count). The Kier molecular flexibility index (Phi) is 3.97. The molecule has 0 aromatic heterocycles. The van der Waals surface area contributed by atoms with E-state index in [2.05, 4.69) is 0 Å². The number of hydrogen-bond donors (Lipinski definition) is 1. The van der Waals surface area contributed by atoms with Gasteiger partial charge in [-0.2, -0.15) is 0 Å². The van der Waals surface area contributed by atoms with Crippen molar-refractivity contribution in [2.24, 2.45) is 11.3 Å². The minimum Gasteiger partial charge on any atom is -0.389 e. The van der Waals surface area contributed by atoms with Crippen molar-refractivity contribution in [3.05, 3.63) is 29.8 Å². The van der Waals surface area contributed by atoms with E-state index in [9.17, 15) is 13.5 Å². The molecule has 1 aliphatic rings. The summed E-state index contributed by atoms with van der Waals surface area (Å²) in [6, 6.07) is 6.61. The maximum atomic E-state index is 12.5. The quantitative estimate of drug-likeness (QED) is 0.908. The largest absolute Gasteiger partial charge is 0.389 e. The topological polar surface area (TPSA) is 63.6 Å². The lowest BCUT2D eigenvalue weighted by Crippen LogP contribution is -2.38. The van der Waals surface area contributed by atoms with Gasteiger partial charge in [0, 0.05) is 5.92 Å². The number of rotatable bonds is 2. The second-order valence-electron chi connectivity index (χ2n) is 6.52. The zero-order chi connectivity index (χ0) is 15.1. The highest BCUT2D eigenvalue weighted by Crippen LogP contribution is 2.38. The molecule has 112 valence electrons. The molecule has 4 nitrogen and oxygen atoms in total. The molecule has 20 heavy (non-hydrogen) atoms. The minimum absolute atomic E-state index is 0.187. The molecule has 5 heteroatoms. The average Bonchev–Trinajstić information content (AvgIpc) is 2.72. The summed E-state index contributed by atoms with van der Waals surface area (Å²) >= 11 is 0. The van der Waals surface area contributed by atoms with Gasteiger partial charge in [-0.3, -0.25) is 0 Å². The van der Waals surface area contributed by atoms with Crippen LogP contribution in [0.1, 0.15) is 26.3 Å². The molecule has 0 unspecified atom stereocenters. The highest BCUT2D eigenvalue weighted by atomic mass is 32.2. The summed E-state index contributed by atoms with van der Waals surface area (Å²) in [5.41, 5.74) is -0.379. The molecule has 0 saturated carbocycles. The summed E-state index contributed by atoms with van der Waals surface area (Å²) in [6.07, 6.45) is -0.999. The van der Waals surface area contributed by atoms with Gasteiger partial charge >= 0.3 is 0 Å². The van der Waals surface area contributed by atoms with Crippen LogP contribution < -0.4 is 0 Å². The molecule has 3 atom stereocenters. The highest BCUT2D eigenvalue weighted by Gasteiger charge is 2.48. The first-order valence-corrected chi connectivity index (χ1v) is 8.29. The molecule has 1 heterocycles. The summed E-state index contributed by atoms with van der Waals surface area (Å²) in [5, 5.41) is 10.3. The number of ether oxygens (including phenoxy) is 1. The standard InChI is InChI=1S/C15H22O4S/c1-10-5-7-11(8-6-10)20(17,18)14-13(16)12(9-19-14)15(2,3)4/h5-8,12-14,16H,9H2,1-4H3/t12-,13-,14+/m1/s1. The van der Waals surface area contributed by atoms with Gasteiger partial charge in [-0.05, 0) is 24.5 Å². The smallest absolute Gasteiger partial charge is 0.207 e. The highest BCUT2D eigenvalue weighted by molar-refractivity contribution is 7.92. The number of hydrogen-bond acceptors (Lipinski definition) is 4. The first-order chi connectivity index (χ1) is 9.14. The first-order valence-electron chi connectivity index (χ1n) is 6.74. The molecule has 0 bridgehead atoms. The minimum atomic E-state index is -3.67. The van der Waals surface area contributed by atoms with E-state index in [0.29, 0.717) is 0 Å². The van der Waals surface area contributed by atoms with E-state index in [0.717, 1.165) is 5.56 Å². The van der Waals surface area contributed by atoms with Crippen LogP contribution in [0.4, 0.5) is 0 Å². The van der Waals surface area contributed by atoms with Gasteiger partial charge < -0.3 is 9.84 Å². The summed E-state index contributed by atoms with van der Waals surface area (Å²) in [7, 11) is -3.67. The Bertz CT molecular complexity index is 569. The van der Waals surface area contributed by atoms with E-state index in [1.807, 2.05) is 27.7 Å². The molecule has 1 aromatic rings. The lowest BCUT2D eigenvalue weighted by Gasteiger charge is -2.28. The third-order valence-corrected chi connectivity index (χ3v) is 5.85. The Hall–Kier alpha value is -0.910. The summed E-state index contributed by atoms with van der Waals surface area (Å²) < 4.78 is 30.5. The average molecular weight is 298 g/mol. The van der Waals surface area contributed by atoms with Crippen molar-refractivity contribution in [3.8, 4) is 0 Å². The predicted octanol–water partition coefficient (Wildman–Crippen LogP) is 2.15. The van der Waals surface area contributed by atoms with Crippen molar-refractivity contribution < 1.29 is 18.3 Å². The maximum absolute atomic E-state index is 12.5. The van der Waals surface area contributed by atoms with Gasteiger partial charge in [-0.25, -0.2) is 8.42 Å². The number of sulfone groups is 1. The Morgan fingerprint density at radius 1 is 1.20 bits per heavy atom. The van der Waals surface area contributed by atoms with E-state index >= 15 is 0 Å². The third kappa shape index (κ3) is 2.75. The lowest BCUT2D eigenvalue weighted by atomic mass is 9.79. The normalized spacial score (nSPS) is 27.8. The maximum Gasteiger partial charge on any atom is 0.207 e. The molecule has 1 saturated heterocycles. The van der Waals surface area contributed by atoms with E-state index in [1.54, 1.807) is 24.3 Å². The van der Waals surface area contributed by atoms with E-state index in [4.69, 9.17) is 4.74 Å². The van der Waals surface area contributed by atoms with Gasteiger partial charge in [0.05, 0.1) is 11.5 Å². The fourth-order valence-corrected chi connectivity index (χ4v) is 4.08. The Morgan fingerprint density at radius 2 is 1.75 bits per heavy atom. The molecule has 1 N–H and O–H groups in total. The lowest BCUT2D eigenvalue weighted by molar-refractivity contribution is 0.0682. The molecule has 0 radical (unpaired) electrons. The monoisotopic (exact) mass is 298 g/mol. The van der Waals surface area contributed by atoms with Crippen molar-refractivity contribution in [2.45, 2.75) is 44.1 Å². The van der Waals surface area contributed by atoms with Crippen molar-refractivity contribution in [1.82, 2.24) is 0 Å². The van der Waals surface area contributed by atoms with Crippen LogP contribution in [-0.2, 0) is 14.6 Å². The van der Waals surface area contributed by atoms with E-state index in [1.165, 1.54) is 0 Å². The van der Waals surface area contributed by atoms with Crippen molar-refractivity contribution in [1.29, 1.82) is 0 Å². The third-order valence-electron chi connectivity index (χ3n) is 3.90. The van der Waals surface area contributed by atoms with Crippen molar-refractivity contribution in [2.75, 3.05) is 6.61 Å². The van der Waals surface area contributed by atoms with Gasteiger partial charge in [0.25, 0.3) is 0 Å². The molecular formula is C15H22O4S. The Labute approximate surface area is 120 Å². The van der Waals surface area contributed by atoms with Crippen molar-refractivity contribution in [3.63, 3.8) is 0 Å². The molecule has 1 aromatic carbocycles. The van der Waals surface area contributed by atoms with Gasteiger partial charge in [-0.15, -0.1) is 0 Å². The Morgan fingerprint density at radius 3 is 2.20 bits per heavy atom. The molecular weight excluding hydrogens is 276 g/mol. The van der Waals surface area contributed by atoms with Crippen LogP contribution in [-0.4, -0.2) is 31.7 Å². The molecule has 1 aliphatic heterocycles. The van der Waals surface area contributed by atoms with Crippen molar-refractivity contribution >= 4 is 9.84 Å². The number of benzene rings is 1. The van der Waals surface area contributed by atoms with Crippen LogP contribution >= 0.6 is 0 Å². The Balaban J connectivity index is 2.30. The first kappa shape index (κ1) is 15.5. The van der Waals surface area contributed by atoms with E-state index < -0.39 is 21.4 Å². The number of aliphatic hydroxyl groups excluding tert-OH is 1. The van der Waals surface area contributed by atoms with E-state index in [-0.39, 0.29) is 22.8 Å². The molecule has 1 fully saturated rings. The van der Waals surface area contributed by atoms with Gasteiger partial charge in [0.15, 0.2) is 5.44 Å². The fraction of sp³-hybridized carbons (Fsp3) is 0.600. The van der Waals surface area contributed by atoms with Crippen LogP contribution in [0.2, 0.25) is 0 Å². The summed E-state index contributed by atoms with van der Waals surface area (Å²) in [4.78, 5) is 0.196. The molecule has 0 amide bonds.